The van der Waals surface area contributed by atoms with Crippen LogP contribution in [0.1, 0.15) is 25.8 Å². The summed E-state index contributed by atoms with van der Waals surface area (Å²) in [5, 5.41) is 1.01. The molecular formula is C23H25Cl2N3O4S. The van der Waals surface area contributed by atoms with Gasteiger partial charge in [-0.2, -0.15) is 4.31 Å². The number of hydrogen-bond donors (Lipinski definition) is 0. The Balaban J connectivity index is 1.74. The molecule has 10 heteroatoms. The first-order chi connectivity index (χ1) is 15.6. The second-order valence-electron chi connectivity index (χ2n) is 8.53. The van der Waals surface area contributed by atoms with Crippen molar-refractivity contribution in [2.45, 2.75) is 49.8 Å². The van der Waals surface area contributed by atoms with Crippen LogP contribution in [0.3, 0.4) is 0 Å². The SMILES string of the molecule is CC(C)N1CC2N(C(=O)CCN2S(=O)(=O)c2ccc(Cl)cc2)C(Cc2ccc(Cl)cc2)C1=O. The fraction of sp³-hybridized carbons (Fsp3) is 0.391. The van der Waals surface area contributed by atoms with Crippen molar-refractivity contribution < 1.29 is 18.0 Å². The van der Waals surface area contributed by atoms with Crippen LogP contribution in [0, 0.1) is 0 Å². The fourth-order valence-electron chi connectivity index (χ4n) is 4.44. The Morgan fingerprint density at radius 3 is 2.12 bits per heavy atom. The predicted molar refractivity (Wildman–Crippen MR) is 126 cm³/mol. The number of piperazine rings is 1. The molecule has 7 nitrogen and oxygen atoms in total. The van der Waals surface area contributed by atoms with E-state index in [2.05, 4.69) is 0 Å². The van der Waals surface area contributed by atoms with Crippen LogP contribution in [0.15, 0.2) is 53.4 Å². The summed E-state index contributed by atoms with van der Waals surface area (Å²) in [5.41, 5.74) is 0.840. The molecular weight excluding hydrogens is 485 g/mol. The lowest BCUT2D eigenvalue weighted by molar-refractivity contribution is -0.166. The van der Waals surface area contributed by atoms with E-state index in [1.165, 1.54) is 33.5 Å². The van der Waals surface area contributed by atoms with Crippen molar-refractivity contribution in [1.29, 1.82) is 0 Å². The Hall–Kier alpha value is -2.13. The van der Waals surface area contributed by atoms with Crippen molar-refractivity contribution in [2.75, 3.05) is 13.1 Å². The standard InChI is InChI=1S/C23H25Cl2N3O4S/c1-15(2)26-14-21-27(33(31,32)19-9-7-18(25)8-10-19)12-11-22(29)28(21)20(23(26)30)13-16-3-5-17(24)6-4-16/h3-10,15,20-21H,11-14H2,1-2H3. The van der Waals surface area contributed by atoms with Crippen molar-refractivity contribution in [3.8, 4) is 0 Å². The van der Waals surface area contributed by atoms with Gasteiger partial charge in [0.2, 0.25) is 21.8 Å². The molecule has 0 aromatic heterocycles. The monoisotopic (exact) mass is 509 g/mol. The number of halogens is 2. The lowest BCUT2D eigenvalue weighted by Crippen LogP contribution is -2.72. The number of carbonyl (C=O) groups is 2. The number of amides is 2. The van der Waals surface area contributed by atoms with Gasteiger partial charge in [0.05, 0.1) is 11.4 Å². The van der Waals surface area contributed by atoms with Gasteiger partial charge in [-0.25, -0.2) is 8.42 Å². The number of benzene rings is 2. The van der Waals surface area contributed by atoms with Gasteiger partial charge < -0.3 is 9.80 Å². The molecule has 0 saturated carbocycles. The predicted octanol–water partition coefficient (Wildman–Crippen LogP) is 3.40. The van der Waals surface area contributed by atoms with E-state index in [9.17, 15) is 18.0 Å². The maximum absolute atomic E-state index is 13.5. The average Bonchev–Trinajstić information content (AvgIpc) is 2.77. The number of nitrogens with zero attached hydrogens (tertiary/aromatic N) is 3. The van der Waals surface area contributed by atoms with Crippen molar-refractivity contribution in [2.24, 2.45) is 0 Å². The summed E-state index contributed by atoms with van der Waals surface area (Å²) in [6, 6.07) is 12.1. The molecule has 4 rings (SSSR count). The van der Waals surface area contributed by atoms with Crippen LogP contribution < -0.4 is 0 Å². The molecule has 2 aromatic carbocycles. The van der Waals surface area contributed by atoms with Crippen LogP contribution in [0.25, 0.3) is 0 Å². The highest BCUT2D eigenvalue weighted by atomic mass is 35.5. The Morgan fingerprint density at radius 1 is 0.970 bits per heavy atom. The quantitative estimate of drug-likeness (QED) is 0.618. The third kappa shape index (κ3) is 4.62. The lowest BCUT2D eigenvalue weighted by atomic mass is 9.97. The summed E-state index contributed by atoms with van der Waals surface area (Å²) >= 11 is 11.9. The summed E-state index contributed by atoms with van der Waals surface area (Å²) in [6.45, 7) is 3.94. The van der Waals surface area contributed by atoms with Gasteiger partial charge in [-0.1, -0.05) is 35.3 Å². The van der Waals surface area contributed by atoms with Crippen molar-refractivity contribution in [3.05, 3.63) is 64.1 Å². The molecule has 176 valence electrons. The van der Waals surface area contributed by atoms with Gasteiger partial charge in [-0.15, -0.1) is 0 Å². The molecule has 0 bridgehead atoms. The van der Waals surface area contributed by atoms with E-state index in [0.717, 1.165) is 5.56 Å². The maximum atomic E-state index is 13.5. The molecule has 2 atom stereocenters. The highest BCUT2D eigenvalue weighted by Crippen LogP contribution is 2.32. The molecule has 33 heavy (non-hydrogen) atoms. The summed E-state index contributed by atoms with van der Waals surface area (Å²) in [7, 11) is -3.92. The van der Waals surface area contributed by atoms with Gasteiger partial charge in [0.25, 0.3) is 0 Å². The Labute approximate surface area is 203 Å². The largest absolute Gasteiger partial charge is 0.335 e. The zero-order valence-corrected chi connectivity index (χ0v) is 20.6. The molecule has 0 spiro atoms. The van der Waals surface area contributed by atoms with Crippen molar-refractivity contribution >= 4 is 45.0 Å². The number of hydrogen-bond acceptors (Lipinski definition) is 4. The second kappa shape index (κ2) is 9.25. The van der Waals surface area contributed by atoms with Gasteiger partial charge in [-0.05, 0) is 55.8 Å². The van der Waals surface area contributed by atoms with Gasteiger partial charge in [-0.3, -0.25) is 9.59 Å². The van der Waals surface area contributed by atoms with Crippen molar-refractivity contribution in [3.63, 3.8) is 0 Å². The van der Waals surface area contributed by atoms with Gasteiger partial charge >= 0.3 is 0 Å². The first kappa shape index (κ1) is 24.0. The zero-order valence-electron chi connectivity index (χ0n) is 18.3. The van der Waals surface area contributed by atoms with Crippen LogP contribution in [-0.4, -0.2) is 65.7 Å². The van der Waals surface area contributed by atoms with Crippen LogP contribution in [0.5, 0.6) is 0 Å². The zero-order chi connectivity index (χ0) is 23.9. The molecule has 2 heterocycles. The Kier molecular flexibility index (Phi) is 6.73. The van der Waals surface area contributed by atoms with Crippen LogP contribution >= 0.6 is 23.2 Å². The van der Waals surface area contributed by atoms with E-state index < -0.39 is 22.2 Å². The summed E-state index contributed by atoms with van der Waals surface area (Å²) in [6.07, 6.45) is -0.504. The molecule has 2 aliphatic rings. The second-order valence-corrected chi connectivity index (χ2v) is 11.3. The molecule has 0 radical (unpaired) electrons. The number of fused-ring (bicyclic) bond motifs is 1. The summed E-state index contributed by atoms with van der Waals surface area (Å²) < 4.78 is 28.4. The fourth-order valence-corrected chi connectivity index (χ4v) is 6.27. The van der Waals surface area contributed by atoms with E-state index in [4.69, 9.17) is 23.2 Å². The Morgan fingerprint density at radius 2 is 1.55 bits per heavy atom. The van der Waals surface area contributed by atoms with E-state index in [0.29, 0.717) is 10.0 Å². The summed E-state index contributed by atoms with van der Waals surface area (Å²) in [4.78, 5) is 29.7. The molecule has 2 unspecified atom stereocenters. The van der Waals surface area contributed by atoms with Crippen LogP contribution in [0.4, 0.5) is 0 Å². The van der Waals surface area contributed by atoms with Crippen LogP contribution in [-0.2, 0) is 26.0 Å². The third-order valence-corrected chi connectivity index (χ3v) is 8.55. The number of carbonyl (C=O) groups excluding carboxylic acids is 2. The van der Waals surface area contributed by atoms with E-state index in [1.54, 1.807) is 17.0 Å². The summed E-state index contributed by atoms with van der Waals surface area (Å²) in [5.74, 6) is -0.409. The van der Waals surface area contributed by atoms with Crippen LogP contribution in [0.2, 0.25) is 10.0 Å². The van der Waals surface area contributed by atoms with Gasteiger partial charge in [0, 0.05) is 35.5 Å². The number of rotatable bonds is 5. The van der Waals surface area contributed by atoms with E-state index in [1.807, 2.05) is 26.0 Å². The third-order valence-electron chi connectivity index (χ3n) is 6.14. The highest BCUT2D eigenvalue weighted by molar-refractivity contribution is 7.89. The molecule has 2 fully saturated rings. The molecule has 2 amide bonds. The minimum atomic E-state index is -3.92. The smallest absolute Gasteiger partial charge is 0.246 e. The first-order valence-corrected chi connectivity index (χ1v) is 12.9. The van der Waals surface area contributed by atoms with E-state index in [-0.39, 0.29) is 48.7 Å². The highest BCUT2D eigenvalue weighted by Gasteiger charge is 2.51. The van der Waals surface area contributed by atoms with Gasteiger partial charge in [0.1, 0.15) is 12.2 Å². The van der Waals surface area contributed by atoms with Crippen molar-refractivity contribution in [1.82, 2.24) is 14.1 Å². The molecule has 2 aromatic rings. The van der Waals surface area contributed by atoms with E-state index >= 15 is 0 Å². The minimum absolute atomic E-state index is 0.00932. The van der Waals surface area contributed by atoms with Gasteiger partial charge in [0.15, 0.2) is 0 Å². The molecule has 0 aliphatic carbocycles. The molecule has 2 saturated heterocycles. The topological polar surface area (TPSA) is 78.0 Å². The molecule has 0 N–H and O–H groups in total. The first-order valence-electron chi connectivity index (χ1n) is 10.7. The lowest BCUT2D eigenvalue weighted by Gasteiger charge is -2.52. The number of sulfonamides is 1. The normalized spacial score (nSPS) is 22.1. The maximum Gasteiger partial charge on any atom is 0.246 e. The molecule has 2 aliphatic heterocycles. The minimum Gasteiger partial charge on any atom is -0.335 e. The Bertz CT molecular complexity index is 1150. The average molecular weight is 510 g/mol.